The maximum absolute atomic E-state index is 6.45. The molecular weight excluding hydrogens is 512 g/mol. The number of nitrogens with one attached hydrogen (secondary N) is 2. The fraction of sp³-hybridized carbons (Fsp3) is 0.237. The highest BCUT2D eigenvalue weighted by Crippen LogP contribution is 2.32. The minimum absolute atomic E-state index is 0.560. The summed E-state index contributed by atoms with van der Waals surface area (Å²) in [4.78, 5) is 7.86. The van der Waals surface area contributed by atoms with Gasteiger partial charge in [-0.25, -0.2) is 0 Å². The molecule has 218 valence electrons. The predicted octanol–water partition coefficient (Wildman–Crippen LogP) is 9.16. The Labute approximate surface area is 253 Å². The fourth-order valence-electron chi connectivity index (χ4n) is 4.82. The van der Waals surface area contributed by atoms with Crippen LogP contribution in [0, 0.1) is 25.7 Å². The van der Waals surface area contributed by atoms with Crippen LogP contribution >= 0.6 is 0 Å². The van der Waals surface area contributed by atoms with Crippen LogP contribution in [0.25, 0.3) is 11.1 Å². The molecule has 3 aromatic rings. The molecule has 0 unspecified atom stereocenters. The largest absolute Gasteiger partial charge is 0.398 e. The number of nitrogen functional groups attached to an aromatic ring is 1. The number of aromatic nitrogens is 2. The van der Waals surface area contributed by atoms with Crippen molar-refractivity contribution in [3.63, 3.8) is 0 Å². The molecule has 0 bridgehead atoms. The first-order valence-electron chi connectivity index (χ1n) is 14.5. The maximum atomic E-state index is 6.45. The molecule has 1 fully saturated rings. The van der Waals surface area contributed by atoms with E-state index in [1.165, 1.54) is 19.3 Å². The minimum Gasteiger partial charge on any atom is -0.398 e. The smallest absolute Gasteiger partial charge is 0.0381 e. The number of terminal acetylenes is 1. The molecule has 0 amide bonds. The molecule has 1 saturated carbocycles. The molecule has 4 rings (SSSR count). The van der Waals surface area contributed by atoms with E-state index in [0.717, 1.165) is 61.9 Å². The van der Waals surface area contributed by atoms with Crippen molar-refractivity contribution in [2.45, 2.75) is 53.4 Å². The average Bonchev–Trinajstić information content (AvgIpc) is 3.35. The van der Waals surface area contributed by atoms with Crippen LogP contribution in [-0.2, 0) is 6.42 Å². The fourth-order valence-corrected chi connectivity index (χ4v) is 4.82. The summed E-state index contributed by atoms with van der Waals surface area (Å²) in [6.07, 6.45) is 26.0. The molecule has 0 spiro atoms. The third kappa shape index (κ3) is 8.62. The van der Waals surface area contributed by atoms with Crippen molar-refractivity contribution in [2.75, 3.05) is 5.73 Å². The van der Waals surface area contributed by atoms with E-state index < -0.39 is 0 Å². The Kier molecular flexibility index (Phi) is 13.7. The first-order valence-corrected chi connectivity index (χ1v) is 14.5. The zero-order valence-corrected chi connectivity index (χ0v) is 25.7. The lowest BCUT2D eigenvalue weighted by atomic mass is 9.83. The summed E-state index contributed by atoms with van der Waals surface area (Å²) < 4.78 is 0. The number of hydrogen-bond donors (Lipinski definition) is 3. The molecule has 2 heterocycles. The Hall–Kier alpha value is -4.75. The van der Waals surface area contributed by atoms with Crippen molar-refractivity contribution < 1.29 is 0 Å². The minimum atomic E-state index is 0.560. The number of pyridine rings is 1. The van der Waals surface area contributed by atoms with Crippen molar-refractivity contribution in [2.24, 2.45) is 5.92 Å². The number of hydrogen-bond acceptors (Lipinski definition) is 3. The second-order valence-corrected chi connectivity index (χ2v) is 9.81. The van der Waals surface area contributed by atoms with Crippen LogP contribution in [0.5, 0.6) is 0 Å². The van der Waals surface area contributed by atoms with Gasteiger partial charge in [-0.1, -0.05) is 70.4 Å². The van der Waals surface area contributed by atoms with Gasteiger partial charge in [-0.05, 0) is 91.3 Å². The van der Waals surface area contributed by atoms with E-state index in [9.17, 15) is 0 Å². The Morgan fingerprint density at radius 3 is 2.45 bits per heavy atom. The lowest BCUT2D eigenvalue weighted by Crippen LogP contribution is -2.23. The van der Waals surface area contributed by atoms with E-state index in [0.29, 0.717) is 12.3 Å². The number of nitrogens with two attached hydrogens (primary N) is 1. The van der Waals surface area contributed by atoms with Crippen molar-refractivity contribution in [3.05, 3.63) is 144 Å². The average molecular weight is 559 g/mol. The molecule has 0 radical (unpaired) electrons. The van der Waals surface area contributed by atoms with Crippen LogP contribution in [0.15, 0.2) is 110 Å². The van der Waals surface area contributed by atoms with Gasteiger partial charge in [-0.2, -0.15) is 0 Å². The molecule has 4 heteroatoms. The zero-order valence-electron chi connectivity index (χ0n) is 25.7. The summed E-state index contributed by atoms with van der Waals surface area (Å²) >= 11 is 0. The van der Waals surface area contributed by atoms with Crippen LogP contribution in [0.2, 0.25) is 0 Å². The monoisotopic (exact) mass is 558 g/mol. The Morgan fingerprint density at radius 2 is 1.88 bits per heavy atom. The summed E-state index contributed by atoms with van der Waals surface area (Å²) in [6, 6.07) is 12.5. The van der Waals surface area contributed by atoms with Gasteiger partial charge in [0.1, 0.15) is 0 Å². The lowest BCUT2D eigenvalue weighted by molar-refractivity contribution is 0.356. The van der Waals surface area contributed by atoms with E-state index in [4.69, 9.17) is 5.73 Å². The van der Waals surface area contributed by atoms with E-state index in [1.807, 2.05) is 50.4 Å². The maximum Gasteiger partial charge on any atom is 0.0381 e. The quantitative estimate of drug-likeness (QED) is 0.125. The number of aromatic amines is 1. The van der Waals surface area contributed by atoms with Gasteiger partial charge in [0.25, 0.3) is 0 Å². The normalized spacial score (nSPS) is 13.4. The lowest BCUT2D eigenvalue weighted by Gasteiger charge is -2.28. The standard InChI is InChI=1S/C34H38N4.C2H6.C2H2/c1-6-11-32(28-14-10-17-36-22-28)33-21-31(38-24(33)5)20-29-18-27(15-16-34(29)35)25(7-2)19-30(8-3)37-23(4)26-12-9-13-26;2*1-2/h6-8,10-11,14-19,21-22,26,37-38H,1,3-4,9,12-13,20,35H2,2,5H3;1-2H3;1-2H/b25-7+,30-19+,32-11-;;. The zero-order chi connectivity index (χ0) is 31.1. The van der Waals surface area contributed by atoms with Gasteiger partial charge in [0, 0.05) is 58.4 Å². The summed E-state index contributed by atoms with van der Waals surface area (Å²) in [5.41, 5.74) is 18.0. The van der Waals surface area contributed by atoms with Crippen molar-refractivity contribution >= 4 is 16.8 Å². The van der Waals surface area contributed by atoms with Crippen molar-refractivity contribution in [1.82, 2.24) is 15.3 Å². The van der Waals surface area contributed by atoms with Gasteiger partial charge in [-0.3, -0.25) is 4.98 Å². The van der Waals surface area contributed by atoms with Crippen LogP contribution in [-0.4, -0.2) is 9.97 Å². The number of anilines is 1. The Morgan fingerprint density at radius 1 is 1.14 bits per heavy atom. The number of nitrogens with zero attached hydrogens (tertiary/aromatic N) is 1. The number of benzene rings is 1. The predicted molar refractivity (Wildman–Crippen MR) is 183 cm³/mol. The van der Waals surface area contributed by atoms with Crippen LogP contribution in [0.4, 0.5) is 5.69 Å². The molecule has 1 aliphatic rings. The molecule has 1 aromatic carbocycles. The number of rotatable bonds is 11. The number of allylic oxidation sites excluding steroid dienone is 7. The van der Waals surface area contributed by atoms with Gasteiger partial charge in [-0.15, -0.1) is 12.8 Å². The summed E-state index contributed by atoms with van der Waals surface area (Å²) in [5.74, 6) is 0.560. The second-order valence-electron chi connectivity index (χ2n) is 9.81. The van der Waals surface area contributed by atoms with Gasteiger partial charge in [0.05, 0.1) is 0 Å². The summed E-state index contributed by atoms with van der Waals surface area (Å²) in [5, 5.41) is 3.47. The highest BCUT2D eigenvalue weighted by Gasteiger charge is 2.20. The van der Waals surface area contributed by atoms with E-state index in [2.05, 4.69) is 98.1 Å². The molecule has 4 nitrogen and oxygen atoms in total. The van der Waals surface area contributed by atoms with E-state index >= 15 is 0 Å². The van der Waals surface area contributed by atoms with Gasteiger partial charge < -0.3 is 16.0 Å². The molecular formula is C38H46N4. The molecule has 0 atom stereocenters. The second kappa shape index (κ2) is 17.1. The van der Waals surface area contributed by atoms with Gasteiger partial charge in [0.2, 0.25) is 0 Å². The topological polar surface area (TPSA) is 66.7 Å². The van der Waals surface area contributed by atoms with Crippen LogP contribution in [0.1, 0.15) is 73.7 Å². The molecule has 0 aliphatic heterocycles. The molecule has 42 heavy (non-hydrogen) atoms. The third-order valence-corrected chi connectivity index (χ3v) is 7.22. The molecule has 2 aromatic heterocycles. The summed E-state index contributed by atoms with van der Waals surface area (Å²) in [6.45, 7) is 20.3. The summed E-state index contributed by atoms with van der Waals surface area (Å²) in [7, 11) is 0. The highest BCUT2D eigenvalue weighted by atomic mass is 14.9. The van der Waals surface area contributed by atoms with Crippen LogP contribution in [0.3, 0.4) is 0 Å². The Bertz CT molecular complexity index is 1460. The number of H-pyrrole nitrogens is 1. The molecule has 4 N–H and O–H groups in total. The first-order chi connectivity index (χ1) is 20.4. The first kappa shape index (κ1) is 33.5. The number of aryl methyl sites for hydroxylation is 1. The van der Waals surface area contributed by atoms with Crippen molar-refractivity contribution in [1.29, 1.82) is 0 Å². The third-order valence-electron chi connectivity index (χ3n) is 7.22. The van der Waals surface area contributed by atoms with Crippen LogP contribution < -0.4 is 11.1 Å². The van der Waals surface area contributed by atoms with E-state index in [-0.39, 0.29) is 0 Å². The highest BCUT2D eigenvalue weighted by molar-refractivity contribution is 5.82. The SMILES string of the molecule is C#C.C=C/C=C(/c1cccnc1)c1cc(Cc2cc(C(/C=C(\C=C)NC(=C)C3CCC3)=C/C)ccc2N)[nH]c1C.CC. The van der Waals surface area contributed by atoms with E-state index in [1.54, 1.807) is 6.20 Å². The Balaban J connectivity index is 0.00000148. The molecule has 1 aliphatic carbocycles. The van der Waals surface area contributed by atoms with Crippen molar-refractivity contribution in [3.8, 4) is 12.8 Å². The van der Waals surface area contributed by atoms with Gasteiger partial charge in [0.15, 0.2) is 0 Å². The van der Waals surface area contributed by atoms with Gasteiger partial charge >= 0.3 is 0 Å². The molecule has 0 saturated heterocycles.